The SMILES string of the molecule is CC(C)[C@@H](C[N+](=O)[O-])[C@H]1N=C2[C@@H](OC1=O)[C@@H]1CC[C@@]2(C)C1(C)C. The maximum absolute atomic E-state index is 12.5. The van der Waals surface area contributed by atoms with Crippen LogP contribution in [0.15, 0.2) is 4.99 Å². The van der Waals surface area contributed by atoms with Crippen LogP contribution >= 0.6 is 0 Å². The van der Waals surface area contributed by atoms with Gasteiger partial charge in [0.05, 0.1) is 11.6 Å². The molecular weight excluding hydrogens is 296 g/mol. The third-order valence-electron chi connectivity index (χ3n) is 6.89. The van der Waals surface area contributed by atoms with Crippen molar-refractivity contribution >= 4 is 11.7 Å². The van der Waals surface area contributed by atoms with Gasteiger partial charge in [0.1, 0.15) is 6.10 Å². The quantitative estimate of drug-likeness (QED) is 0.453. The topological polar surface area (TPSA) is 81.8 Å². The first-order chi connectivity index (χ1) is 10.6. The number of carbonyl (C=O) groups excluding carboxylic acids is 1. The van der Waals surface area contributed by atoms with Gasteiger partial charge in [0.2, 0.25) is 6.54 Å². The predicted molar refractivity (Wildman–Crippen MR) is 85.9 cm³/mol. The molecule has 3 aliphatic rings. The number of hydrogen-bond acceptors (Lipinski definition) is 5. The van der Waals surface area contributed by atoms with Crippen LogP contribution in [0.3, 0.4) is 0 Å². The molecule has 0 aromatic rings. The Morgan fingerprint density at radius 3 is 2.61 bits per heavy atom. The third kappa shape index (κ3) is 2.13. The maximum Gasteiger partial charge on any atom is 0.332 e. The molecule has 2 aliphatic carbocycles. The van der Waals surface area contributed by atoms with Crippen LogP contribution in [0.5, 0.6) is 0 Å². The highest BCUT2D eigenvalue weighted by Crippen LogP contribution is 2.65. The molecule has 0 radical (unpaired) electrons. The molecule has 0 N–H and O–H groups in total. The fourth-order valence-electron chi connectivity index (χ4n) is 4.90. The van der Waals surface area contributed by atoms with E-state index in [9.17, 15) is 14.9 Å². The predicted octanol–water partition coefficient (Wildman–Crippen LogP) is 2.73. The van der Waals surface area contributed by atoms with E-state index in [0.717, 1.165) is 18.6 Å². The largest absolute Gasteiger partial charge is 0.454 e. The third-order valence-corrected chi connectivity index (χ3v) is 6.89. The number of hydrogen-bond donors (Lipinski definition) is 0. The molecule has 2 fully saturated rings. The van der Waals surface area contributed by atoms with Gasteiger partial charge >= 0.3 is 5.97 Å². The van der Waals surface area contributed by atoms with E-state index < -0.39 is 12.0 Å². The lowest BCUT2D eigenvalue weighted by molar-refractivity contribution is -0.490. The van der Waals surface area contributed by atoms with Crippen LogP contribution in [0.2, 0.25) is 0 Å². The summed E-state index contributed by atoms with van der Waals surface area (Å²) >= 11 is 0. The Labute approximate surface area is 136 Å². The van der Waals surface area contributed by atoms with E-state index in [1.807, 2.05) is 13.8 Å². The van der Waals surface area contributed by atoms with Crippen molar-refractivity contribution in [1.29, 1.82) is 0 Å². The molecule has 0 saturated heterocycles. The highest BCUT2D eigenvalue weighted by molar-refractivity contribution is 6.03. The molecular formula is C17H26N2O4. The molecule has 0 aromatic heterocycles. The van der Waals surface area contributed by atoms with Gasteiger partial charge < -0.3 is 4.74 Å². The minimum Gasteiger partial charge on any atom is -0.454 e. The molecule has 1 aliphatic heterocycles. The molecule has 2 bridgehead atoms. The lowest BCUT2D eigenvalue weighted by atomic mass is 9.70. The molecule has 1 heterocycles. The second-order valence-corrected chi connectivity index (χ2v) is 8.44. The van der Waals surface area contributed by atoms with E-state index >= 15 is 0 Å². The number of aliphatic imine (C=N–C) groups is 1. The summed E-state index contributed by atoms with van der Waals surface area (Å²) < 4.78 is 5.78. The molecule has 23 heavy (non-hydrogen) atoms. The number of esters is 1. The Morgan fingerprint density at radius 1 is 1.39 bits per heavy atom. The number of nitrogens with zero attached hydrogens (tertiary/aromatic N) is 2. The van der Waals surface area contributed by atoms with Gasteiger partial charge in [-0.25, -0.2) is 4.79 Å². The van der Waals surface area contributed by atoms with Gasteiger partial charge in [-0.1, -0.05) is 34.6 Å². The lowest BCUT2D eigenvalue weighted by Crippen LogP contribution is -2.48. The van der Waals surface area contributed by atoms with Crippen molar-refractivity contribution in [3.63, 3.8) is 0 Å². The zero-order valence-corrected chi connectivity index (χ0v) is 14.5. The summed E-state index contributed by atoms with van der Waals surface area (Å²) in [7, 11) is 0. The summed E-state index contributed by atoms with van der Waals surface area (Å²) in [4.78, 5) is 27.9. The zero-order valence-electron chi connectivity index (χ0n) is 14.5. The van der Waals surface area contributed by atoms with E-state index in [-0.39, 0.29) is 40.3 Å². The average molecular weight is 322 g/mol. The summed E-state index contributed by atoms with van der Waals surface area (Å²) in [5.41, 5.74) is 0.942. The fraction of sp³-hybridized carbons (Fsp3) is 0.882. The number of carbonyl (C=O) groups is 1. The summed E-state index contributed by atoms with van der Waals surface area (Å²) in [5, 5.41) is 11.0. The molecule has 3 rings (SSSR count). The van der Waals surface area contributed by atoms with Gasteiger partial charge in [0.25, 0.3) is 0 Å². The van der Waals surface area contributed by atoms with Gasteiger partial charge in [0.15, 0.2) is 6.04 Å². The molecule has 0 unspecified atom stereocenters. The van der Waals surface area contributed by atoms with Gasteiger partial charge in [-0.2, -0.15) is 0 Å². The summed E-state index contributed by atoms with van der Waals surface area (Å²) in [6.45, 7) is 10.2. The van der Waals surface area contributed by atoms with Crippen molar-refractivity contribution < 1.29 is 14.5 Å². The van der Waals surface area contributed by atoms with E-state index in [0.29, 0.717) is 5.92 Å². The molecule has 0 aromatic carbocycles. The van der Waals surface area contributed by atoms with Crippen molar-refractivity contribution in [2.75, 3.05) is 6.54 Å². The van der Waals surface area contributed by atoms with Crippen molar-refractivity contribution in [1.82, 2.24) is 0 Å². The Balaban J connectivity index is 2.00. The van der Waals surface area contributed by atoms with Crippen LogP contribution in [-0.4, -0.2) is 35.3 Å². The average Bonchev–Trinajstić information content (AvgIpc) is 2.75. The number of ether oxygens (including phenoxy) is 1. The smallest absolute Gasteiger partial charge is 0.332 e. The maximum atomic E-state index is 12.5. The summed E-state index contributed by atoms with van der Waals surface area (Å²) in [6, 6.07) is -0.737. The van der Waals surface area contributed by atoms with Crippen LogP contribution < -0.4 is 0 Å². The second-order valence-electron chi connectivity index (χ2n) is 8.44. The molecule has 6 nitrogen and oxygen atoms in total. The van der Waals surface area contributed by atoms with Crippen LogP contribution in [0, 0.1) is 38.7 Å². The van der Waals surface area contributed by atoms with Gasteiger partial charge in [-0.05, 0) is 24.2 Å². The fourth-order valence-corrected chi connectivity index (χ4v) is 4.90. The Bertz CT molecular complexity index is 583. The lowest BCUT2D eigenvalue weighted by Gasteiger charge is -2.37. The van der Waals surface area contributed by atoms with E-state index in [2.05, 4.69) is 20.8 Å². The highest BCUT2D eigenvalue weighted by atomic mass is 16.6. The molecule has 5 atom stereocenters. The van der Waals surface area contributed by atoms with Crippen LogP contribution in [0.1, 0.15) is 47.5 Å². The first kappa shape index (κ1) is 16.4. The molecule has 6 heteroatoms. The summed E-state index contributed by atoms with van der Waals surface area (Å²) in [6.07, 6.45) is 1.87. The van der Waals surface area contributed by atoms with E-state index in [1.165, 1.54) is 0 Å². The molecule has 0 spiro atoms. The van der Waals surface area contributed by atoms with Gasteiger partial charge in [-0.15, -0.1) is 0 Å². The monoisotopic (exact) mass is 322 g/mol. The standard InChI is InChI=1S/C17H26N2O4/c1-9(2)10(8-19(21)22)12-15(20)23-13-11-6-7-17(5,14(13)18-12)16(11,3)4/h9-13H,6-8H2,1-5H3/t10-,11+,12-,13+,17-/m1/s1. The number of rotatable bonds is 4. The van der Waals surface area contributed by atoms with E-state index in [1.54, 1.807) is 0 Å². The van der Waals surface area contributed by atoms with E-state index in [4.69, 9.17) is 9.73 Å². The minimum atomic E-state index is -0.737. The Kier molecular flexibility index (Phi) is 3.58. The Hall–Kier alpha value is -1.46. The first-order valence-corrected chi connectivity index (χ1v) is 8.50. The van der Waals surface area contributed by atoms with Crippen LogP contribution in [0.4, 0.5) is 0 Å². The van der Waals surface area contributed by atoms with Crippen molar-refractivity contribution in [2.24, 2.45) is 33.6 Å². The normalized spacial score (nSPS) is 39.0. The van der Waals surface area contributed by atoms with Gasteiger partial charge in [-0.3, -0.25) is 15.1 Å². The molecule has 2 saturated carbocycles. The van der Waals surface area contributed by atoms with Crippen molar-refractivity contribution in [3.05, 3.63) is 10.1 Å². The molecule has 128 valence electrons. The van der Waals surface area contributed by atoms with Gasteiger partial charge in [0, 0.05) is 16.3 Å². The van der Waals surface area contributed by atoms with Crippen LogP contribution in [0.25, 0.3) is 0 Å². The molecule has 0 amide bonds. The zero-order chi connectivity index (χ0) is 17.2. The first-order valence-electron chi connectivity index (χ1n) is 8.50. The highest BCUT2D eigenvalue weighted by Gasteiger charge is 2.67. The van der Waals surface area contributed by atoms with Crippen LogP contribution in [-0.2, 0) is 9.53 Å². The Morgan fingerprint density at radius 2 is 2.04 bits per heavy atom. The van der Waals surface area contributed by atoms with Crippen molar-refractivity contribution in [2.45, 2.75) is 59.6 Å². The summed E-state index contributed by atoms with van der Waals surface area (Å²) in [5.74, 6) is -0.495. The van der Waals surface area contributed by atoms with Crippen molar-refractivity contribution in [3.8, 4) is 0 Å². The number of nitro groups is 1. The number of fused-ring (bicyclic) bond motifs is 5. The second kappa shape index (κ2) is 5.02. The minimum absolute atomic E-state index is 0.00161.